The summed E-state index contributed by atoms with van der Waals surface area (Å²) in [6, 6.07) is 25.0. The maximum atomic E-state index is 12.7. The molecule has 36 heavy (non-hydrogen) atoms. The lowest BCUT2D eigenvalue weighted by Gasteiger charge is -2.11. The minimum Gasteiger partial charge on any atom is -0.494 e. The van der Waals surface area contributed by atoms with Gasteiger partial charge in [-0.25, -0.2) is 10.2 Å². The number of fused-ring (bicyclic) bond motifs is 1. The molecule has 1 amide bonds. The quantitative estimate of drug-likeness (QED) is 0.145. The van der Waals surface area contributed by atoms with E-state index in [0.29, 0.717) is 41.4 Å². The average molecular weight is 483 g/mol. The van der Waals surface area contributed by atoms with Crippen molar-refractivity contribution in [1.82, 2.24) is 5.43 Å². The zero-order chi connectivity index (χ0) is 25.3. The molecule has 182 valence electrons. The van der Waals surface area contributed by atoms with E-state index in [2.05, 4.69) is 10.5 Å². The predicted octanol–water partition coefficient (Wildman–Crippen LogP) is 5.62. The molecule has 0 bridgehead atoms. The van der Waals surface area contributed by atoms with Gasteiger partial charge in [-0.05, 0) is 78.7 Å². The van der Waals surface area contributed by atoms with E-state index in [-0.39, 0.29) is 11.7 Å². The number of carbonyl (C=O) groups is 2. The molecule has 4 aromatic carbocycles. The highest BCUT2D eigenvalue weighted by molar-refractivity contribution is 6.07. The van der Waals surface area contributed by atoms with Crippen LogP contribution in [-0.4, -0.2) is 31.3 Å². The number of nitrogens with zero attached hydrogens (tertiary/aromatic N) is 1. The molecule has 0 aliphatic heterocycles. The standard InChI is InChI=1S/C29H26N2O5/c1-3-34-23-15-13-22(14-16-23)29(33)36-26-17-12-20(18-27(26)35-4-2)19-30-31-28(32)25-11-7-9-21-8-5-6-10-24(21)25/h5-19H,3-4H2,1-2H3,(H,31,32)/b30-19-. The molecular weight excluding hydrogens is 456 g/mol. The number of nitrogens with one attached hydrogen (secondary N) is 1. The SMILES string of the molecule is CCOc1ccc(C(=O)Oc2ccc(/C=N\NC(=O)c3cccc4ccccc34)cc2OCC)cc1. The first-order chi connectivity index (χ1) is 17.6. The zero-order valence-electron chi connectivity index (χ0n) is 20.1. The van der Waals surface area contributed by atoms with Crippen molar-refractivity contribution in [3.63, 3.8) is 0 Å². The Balaban J connectivity index is 1.45. The van der Waals surface area contributed by atoms with Crippen LogP contribution in [0.5, 0.6) is 17.2 Å². The van der Waals surface area contributed by atoms with E-state index < -0.39 is 5.97 Å². The first kappa shape index (κ1) is 24.5. The molecule has 1 N–H and O–H groups in total. The van der Waals surface area contributed by atoms with Gasteiger partial charge in [0.05, 0.1) is 25.0 Å². The van der Waals surface area contributed by atoms with Gasteiger partial charge in [-0.15, -0.1) is 0 Å². The van der Waals surface area contributed by atoms with Crippen LogP contribution in [0.15, 0.2) is 90.0 Å². The lowest BCUT2D eigenvalue weighted by Crippen LogP contribution is -2.17. The second-order valence-corrected chi connectivity index (χ2v) is 7.71. The second kappa shape index (κ2) is 11.7. The van der Waals surface area contributed by atoms with Crippen molar-refractivity contribution in [2.75, 3.05) is 13.2 Å². The Morgan fingerprint density at radius 3 is 2.36 bits per heavy atom. The van der Waals surface area contributed by atoms with Crippen molar-refractivity contribution in [1.29, 1.82) is 0 Å². The molecule has 0 atom stereocenters. The Bertz CT molecular complexity index is 1390. The van der Waals surface area contributed by atoms with Crippen molar-refractivity contribution in [2.24, 2.45) is 5.10 Å². The first-order valence-electron chi connectivity index (χ1n) is 11.6. The van der Waals surface area contributed by atoms with E-state index in [1.807, 2.05) is 50.2 Å². The molecule has 4 rings (SSSR count). The molecule has 7 nitrogen and oxygen atoms in total. The molecule has 7 heteroatoms. The fraction of sp³-hybridized carbons (Fsp3) is 0.138. The molecule has 0 fully saturated rings. The molecule has 0 radical (unpaired) electrons. The molecule has 0 aliphatic carbocycles. The van der Waals surface area contributed by atoms with E-state index in [4.69, 9.17) is 14.2 Å². The largest absolute Gasteiger partial charge is 0.494 e. The Morgan fingerprint density at radius 1 is 0.833 bits per heavy atom. The van der Waals surface area contributed by atoms with Gasteiger partial charge in [0.15, 0.2) is 11.5 Å². The van der Waals surface area contributed by atoms with E-state index >= 15 is 0 Å². The number of esters is 1. The number of hydrogen-bond acceptors (Lipinski definition) is 6. The van der Waals surface area contributed by atoms with Gasteiger partial charge in [0.25, 0.3) is 5.91 Å². The third-order valence-electron chi connectivity index (χ3n) is 5.29. The third kappa shape index (κ3) is 5.88. The van der Waals surface area contributed by atoms with Gasteiger partial charge in [-0.1, -0.05) is 36.4 Å². The number of carbonyl (C=O) groups excluding carboxylic acids is 2. The minimum absolute atomic E-state index is 0.285. The monoisotopic (exact) mass is 482 g/mol. The summed E-state index contributed by atoms with van der Waals surface area (Å²) in [5.41, 5.74) is 4.16. The number of amides is 1. The van der Waals surface area contributed by atoms with Crippen molar-refractivity contribution < 1.29 is 23.8 Å². The van der Waals surface area contributed by atoms with Gasteiger partial charge in [0.2, 0.25) is 0 Å². The number of hydrazone groups is 1. The lowest BCUT2D eigenvalue weighted by atomic mass is 10.0. The summed E-state index contributed by atoms with van der Waals surface area (Å²) in [6.45, 7) is 4.66. The molecule has 0 aromatic heterocycles. The Kier molecular flexibility index (Phi) is 7.93. The first-order valence-corrected chi connectivity index (χ1v) is 11.6. The fourth-order valence-electron chi connectivity index (χ4n) is 3.62. The number of ether oxygens (including phenoxy) is 3. The highest BCUT2D eigenvalue weighted by Crippen LogP contribution is 2.29. The van der Waals surface area contributed by atoms with Crippen molar-refractivity contribution in [3.05, 3.63) is 102 Å². The molecule has 0 saturated heterocycles. The molecular formula is C29H26N2O5. The lowest BCUT2D eigenvalue weighted by molar-refractivity contribution is 0.0728. The minimum atomic E-state index is -0.511. The summed E-state index contributed by atoms with van der Waals surface area (Å²) >= 11 is 0. The Morgan fingerprint density at radius 2 is 1.58 bits per heavy atom. The summed E-state index contributed by atoms with van der Waals surface area (Å²) in [7, 11) is 0. The van der Waals surface area contributed by atoms with E-state index in [1.165, 1.54) is 6.21 Å². The molecule has 0 aliphatic rings. The van der Waals surface area contributed by atoms with Gasteiger partial charge < -0.3 is 14.2 Å². The van der Waals surface area contributed by atoms with Crippen molar-refractivity contribution in [3.8, 4) is 17.2 Å². The highest BCUT2D eigenvalue weighted by Gasteiger charge is 2.14. The smallest absolute Gasteiger partial charge is 0.343 e. The van der Waals surface area contributed by atoms with Crippen LogP contribution < -0.4 is 19.6 Å². The molecule has 0 spiro atoms. The summed E-state index contributed by atoms with van der Waals surface area (Å²) in [6.07, 6.45) is 1.50. The van der Waals surface area contributed by atoms with Crippen LogP contribution in [-0.2, 0) is 0 Å². The van der Waals surface area contributed by atoms with Gasteiger partial charge in [0.1, 0.15) is 5.75 Å². The third-order valence-corrected chi connectivity index (χ3v) is 5.29. The van der Waals surface area contributed by atoms with E-state index in [9.17, 15) is 9.59 Å². The molecule has 0 unspecified atom stereocenters. The number of hydrogen-bond donors (Lipinski definition) is 1. The summed E-state index contributed by atoms with van der Waals surface area (Å²) in [5.74, 6) is 0.533. The van der Waals surface area contributed by atoms with E-state index in [0.717, 1.165) is 10.8 Å². The van der Waals surface area contributed by atoms with Crippen LogP contribution in [0.1, 0.15) is 40.1 Å². The number of rotatable bonds is 9. The van der Waals surface area contributed by atoms with Crippen LogP contribution in [0.2, 0.25) is 0 Å². The van der Waals surface area contributed by atoms with Gasteiger partial charge in [0, 0.05) is 5.56 Å². The maximum Gasteiger partial charge on any atom is 0.343 e. The fourth-order valence-corrected chi connectivity index (χ4v) is 3.62. The molecule has 0 heterocycles. The van der Waals surface area contributed by atoms with Crippen molar-refractivity contribution >= 4 is 28.9 Å². The predicted molar refractivity (Wildman–Crippen MR) is 139 cm³/mol. The number of benzene rings is 4. The van der Waals surface area contributed by atoms with Crippen LogP contribution in [0, 0.1) is 0 Å². The normalized spacial score (nSPS) is 10.8. The summed E-state index contributed by atoms with van der Waals surface area (Å²) in [5, 5.41) is 5.92. The molecule has 4 aromatic rings. The van der Waals surface area contributed by atoms with Gasteiger partial charge >= 0.3 is 5.97 Å². The molecule has 0 saturated carbocycles. The van der Waals surface area contributed by atoms with Crippen LogP contribution in [0.25, 0.3) is 10.8 Å². The van der Waals surface area contributed by atoms with Crippen molar-refractivity contribution in [2.45, 2.75) is 13.8 Å². The maximum absolute atomic E-state index is 12.7. The topological polar surface area (TPSA) is 86.2 Å². The zero-order valence-corrected chi connectivity index (χ0v) is 20.1. The van der Waals surface area contributed by atoms with Crippen LogP contribution >= 0.6 is 0 Å². The second-order valence-electron chi connectivity index (χ2n) is 7.71. The average Bonchev–Trinajstić information content (AvgIpc) is 2.90. The Labute approximate surface area is 209 Å². The summed E-state index contributed by atoms with van der Waals surface area (Å²) < 4.78 is 16.6. The Hall–Kier alpha value is -4.65. The van der Waals surface area contributed by atoms with E-state index in [1.54, 1.807) is 48.5 Å². The summed E-state index contributed by atoms with van der Waals surface area (Å²) in [4.78, 5) is 25.3. The van der Waals surface area contributed by atoms with Crippen LogP contribution in [0.3, 0.4) is 0 Å². The van der Waals surface area contributed by atoms with Gasteiger partial charge in [-0.3, -0.25) is 4.79 Å². The van der Waals surface area contributed by atoms with Gasteiger partial charge in [-0.2, -0.15) is 5.10 Å². The highest BCUT2D eigenvalue weighted by atomic mass is 16.6. The van der Waals surface area contributed by atoms with Crippen LogP contribution in [0.4, 0.5) is 0 Å².